The van der Waals surface area contributed by atoms with E-state index in [4.69, 9.17) is 10.5 Å². The Morgan fingerprint density at radius 3 is 2.43 bits per heavy atom. The second-order valence-electron chi connectivity index (χ2n) is 7.58. The first kappa shape index (κ1) is 23.8. The minimum Gasteiger partial charge on any atom is -0.444 e. The second kappa shape index (κ2) is 10.9. The Bertz CT molecular complexity index is 694. The van der Waals surface area contributed by atoms with Crippen molar-refractivity contribution in [3.63, 3.8) is 0 Å². The monoisotopic (exact) mass is 408 g/mol. The highest BCUT2D eigenvalue weighted by molar-refractivity contribution is 8.14. The summed E-state index contributed by atoms with van der Waals surface area (Å²) in [5.74, 6) is 0.0758. The van der Waals surface area contributed by atoms with Crippen LogP contribution in [0.15, 0.2) is 23.2 Å². The van der Waals surface area contributed by atoms with E-state index in [2.05, 4.69) is 10.3 Å². The third kappa shape index (κ3) is 9.12. The van der Waals surface area contributed by atoms with Gasteiger partial charge in [0.25, 0.3) is 0 Å². The van der Waals surface area contributed by atoms with Gasteiger partial charge < -0.3 is 20.7 Å². The molecule has 3 N–H and O–H groups in total. The number of nitrogens with two attached hydrogens (primary N) is 1. The molecule has 0 aromatic heterocycles. The van der Waals surface area contributed by atoms with Crippen molar-refractivity contribution in [1.82, 2.24) is 10.2 Å². The van der Waals surface area contributed by atoms with Crippen LogP contribution in [0, 0.1) is 13.8 Å². The standard InChI is InChI=1S/C20H32N4O3S/c1-14-9-7-10-15(2)17(14)23-18(21)28-13-16(25)22-11-8-12-24(6)19(26)27-20(3,4)5/h7,9-10H,8,11-13H2,1-6H3,(H2,21,23)(H,22,25). The summed E-state index contributed by atoms with van der Waals surface area (Å²) in [4.78, 5) is 29.7. The first-order chi connectivity index (χ1) is 13.0. The average molecular weight is 409 g/mol. The third-order valence-corrected chi connectivity index (χ3v) is 4.50. The fourth-order valence-electron chi connectivity index (χ4n) is 2.29. The maximum atomic E-state index is 12.0. The summed E-state index contributed by atoms with van der Waals surface area (Å²) in [5.41, 5.74) is 8.36. The Labute approximate surface area is 172 Å². The Morgan fingerprint density at radius 2 is 1.86 bits per heavy atom. The van der Waals surface area contributed by atoms with Crippen molar-refractivity contribution in [1.29, 1.82) is 0 Å². The highest BCUT2D eigenvalue weighted by Crippen LogP contribution is 2.23. The maximum Gasteiger partial charge on any atom is 0.410 e. The van der Waals surface area contributed by atoms with E-state index >= 15 is 0 Å². The topological polar surface area (TPSA) is 97.0 Å². The number of carbonyl (C=O) groups excluding carboxylic acids is 2. The lowest BCUT2D eigenvalue weighted by Gasteiger charge is -2.24. The van der Waals surface area contributed by atoms with E-state index < -0.39 is 5.60 Å². The zero-order chi connectivity index (χ0) is 21.3. The third-order valence-electron chi connectivity index (χ3n) is 3.71. The van der Waals surface area contributed by atoms with Crippen LogP contribution in [0.1, 0.15) is 38.3 Å². The van der Waals surface area contributed by atoms with Gasteiger partial charge in [0, 0.05) is 20.1 Å². The molecule has 1 rings (SSSR count). The number of amidine groups is 1. The number of hydrogen-bond acceptors (Lipinski definition) is 5. The summed E-state index contributed by atoms with van der Waals surface area (Å²) in [6.45, 7) is 10.4. The number of thioether (sulfide) groups is 1. The molecule has 7 nitrogen and oxygen atoms in total. The number of hydrogen-bond donors (Lipinski definition) is 2. The first-order valence-corrected chi connectivity index (χ1v) is 10.2. The fourth-order valence-corrected chi connectivity index (χ4v) is 2.83. The van der Waals surface area contributed by atoms with Crippen LogP contribution in [-0.2, 0) is 9.53 Å². The number of ether oxygens (including phenoxy) is 1. The molecule has 0 heterocycles. The van der Waals surface area contributed by atoms with Crippen molar-refractivity contribution in [3.8, 4) is 0 Å². The summed E-state index contributed by atoms with van der Waals surface area (Å²) in [5, 5.41) is 3.18. The molecule has 0 saturated carbocycles. The number of aliphatic imine (C=N–C) groups is 1. The molecule has 1 aromatic rings. The Hall–Kier alpha value is -2.22. The van der Waals surface area contributed by atoms with Crippen LogP contribution in [0.5, 0.6) is 0 Å². The lowest BCUT2D eigenvalue weighted by molar-refractivity contribution is -0.118. The van der Waals surface area contributed by atoms with Crippen LogP contribution in [-0.4, -0.2) is 53.6 Å². The minimum atomic E-state index is -0.519. The van der Waals surface area contributed by atoms with Gasteiger partial charge in [-0.3, -0.25) is 4.79 Å². The molecule has 0 aliphatic rings. The molecule has 156 valence electrons. The van der Waals surface area contributed by atoms with Gasteiger partial charge in [-0.05, 0) is 52.2 Å². The lowest BCUT2D eigenvalue weighted by Crippen LogP contribution is -2.36. The molecule has 0 radical (unpaired) electrons. The Morgan fingerprint density at radius 1 is 1.25 bits per heavy atom. The van der Waals surface area contributed by atoms with Gasteiger partial charge in [-0.15, -0.1) is 0 Å². The molecule has 28 heavy (non-hydrogen) atoms. The van der Waals surface area contributed by atoms with Gasteiger partial charge in [-0.1, -0.05) is 30.0 Å². The van der Waals surface area contributed by atoms with E-state index in [0.717, 1.165) is 16.8 Å². The van der Waals surface area contributed by atoms with Gasteiger partial charge in [0.2, 0.25) is 5.91 Å². The molecule has 1 aromatic carbocycles. The summed E-state index contributed by atoms with van der Waals surface area (Å²) < 4.78 is 5.28. The van der Waals surface area contributed by atoms with E-state index in [-0.39, 0.29) is 17.8 Å². The van der Waals surface area contributed by atoms with Crippen molar-refractivity contribution in [2.45, 2.75) is 46.6 Å². The number of nitrogens with zero attached hydrogens (tertiary/aromatic N) is 2. The van der Waals surface area contributed by atoms with E-state index in [0.29, 0.717) is 24.7 Å². The first-order valence-electron chi connectivity index (χ1n) is 9.23. The average Bonchev–Trinajstić information content (AvgIpc) is 2.58. The molecular weight excluding hydrogens is 376 g/mol. The van der Waals surface area contributed by atoms with Gasteiger partial charge in [0.15, 0.2) is 5.17 Å². The Kier molecular flexibility index (Phi) is 9.31. The summed E-state index contributed by atoms with van der Waals surface area (Å²) in [7, 11) is 1.68. The summed E-state index contributed by atoms with van der Waals surface area (Å²) in [6, 6.07) is 5.93. The van der Waals surface area contributed by atoms with Crippen molar-refractivity contribution in [3.05, 3.63) is 29.3 Å². The molecule has 0 saturated heterocycles. The van der Waals surface area contributed by atoms with Crippen molar-refractivity contribution in [2.24, 2.45) is 10.7 Å². The molecule has 0 spiro atoms. The largest absolute Gasteiger partial charge is 0.444 e. The molecule has 0 fully saturated rings. The SMILES string of the molecule is Cc1cccc(C)c1N=C(N)SCC(=O)NCCCN(C)C(=O)OC(C)(C)C. The van der Waals surface area contributed by atoms with E-state index in [9.17, 15) is 9.59 Å². The number of para-hydroxylation sites is 1. The maximum absolute atomic E-state index is 12.0. The highest BCUT2D eigenvalue weighted by Gasteiger charge is 2.19. The molecule has 8 heteroatoms. The minimum absolute atomic E-state index is 0.121. The number of carbonyl (C=O) groups is 2. The van der Waals surface area contributed by atoms with Crippen LogP contribution in [0.4, 0.5) is 10.5 Å². The van der Waals surface area contributed by atoms with Crippen LogP contribution >= 0.6 is 11.8 Å². The van der Waals surface area contributed by atoms with Crippen molar-refractivity contribution >= 4 is 34.6 Å². The van der Waals surface area contributed by atoms with Crippen molar-refractivity contribution < 1.29 is 14.3 Å². The normalized spacial score (nSPS) is 11.9. The predicted molar refractivity (Wildman–Crippen MR) is 116 cm³/mol. The quantitative estimate of drug-likeness (QED) is 0.410. The zero-order valence-corrected chi connectivity index (χ0v) is 18.5. The van der Waals surface area contributed by atoms with Crippen LogP contribution in [0.25, 0.3) is 0 Å². The molecular formula is C20H32N4O3S. The fraction of sp³-hybridized carbons (Fsp3) is 0.550. The summed E-state index contributed by atoms with van der Waals surface area (Å²) in [6.07, 6.45) is 0.267. The zero-order valence-electron chi connectivity index (χ0n) is 17.7. The van der Waals surface area contributed by atoms with Crippen molar-refractivity contribution in [2.75, 3.05) is 25.9 Å². The number of rotatable bonds is 7. The van der Waals surface area contributed by atoms with Gasteiger partial charge >= 0.3 is 6.09 Å². The second-order valence-corrected chi connectivity index (χ2v) is 8.58. The van der Waals surface area contributed by atoms with E-state index in [1.54, 1.807) is 7.05 Å². The van der Waals surface area contributed by atoms with Crippen LogP contribution in [0.2, 0.25) is 0 Å². The molecule has 0 atom stereocenters. The highest BCUT2D eigenvalue weighted by atomic mass is 32.2. The number of aryl methyl sites for hydroxylation is 2. The molecule has 0 bridgehead atoms. The predicted octanol–water partition coefficient (Wildman–Crippen LogP) is 3.36. The van der Waals surface area contributed by atoms with Crippen LogP contribution < -0.4 is 11.1 Å². The number of nitrogens with one attached hydrogen (secondary N) is 1. The van der Waals surface area contributed by atoms with Crippen LogP contribution in [0.3, 0.4) is 0 Å². The van der Waals surface area contributed by atoms with E-state index in [1.807, 2.05) is 52.8 Å². The van der Waals surface area contributed by atoms with E-state index in [1.165, 1.54) is 16.7 Å². The van der Waals surface area contributed by atoms with Gasteiger partial charge in [0.05, 0.1) is 11.4 Å². The van der Waals surface area contributed by atoms with Gasteiger partial charge in [-0.2, -0.15) is 0 Å². The molecule has 0 aliphatic carbocycles. The summed E-state index contributed by atoms with van der Waals surface area (Å²) >= 11 is 1.20. The Balaban J connectivity index is 2.32. The van der Waals surface area contributed by atoms with Gasteiger partial charge in [0.1, 0.15) is 5.60 Å². The molecule has 0 unspecified atom stereocenters. The smallest absolute Gasteiger partial charge is 0.410 e. The number of amides is 2. The lowest BCUT2D eigenvalue weighted by atomic mass is 10.1. The molecule has 0 aliphatic heterocycles. The molecule has 2 amide bonds. The number of benzene rings is 1. The van der Waals surface area contributed by atoms with Gasteiger partial charge in [-0.25, -0.2) is 9.79 Å².